The molecule has 2 unspecified atom stereocenters. The van der Waals surface area contributed by atoms with Crippen LogP contribution in [-0.4, -0.2) is 5.66 Å². The van der Waals surface area contributed by atoms with Gasteiger partial charge in [0.2, 0.25) is 0 Å². The third-order valence-corrected chi connectivity index (χ3v) is 4.58. The van der Waals surface area contributed by atoms with Gasteiger partial charge in [-0.05, 0) is 24.4 Å². The van der Waals surface area contributed by atoms with Gasteiger partial charge in [0, 0.05) is 0 Å². The zero-order valence-electron chi connectivity index (χ0n) is 11.1. The van der Waals surface area contributed by atoms with Crippen LogP contribution in [-0.2, 0) is 21.1 Å². The van der Waals surface area contributed by atoms with Crippen LogP contribution in [0.15, 0.2) is 0 Å². The van der Waals surface area contributed by atoms with Gasteiger partial charge in [-0.25, -0.2) is 0 Å². The van der Waals surface area contributed by atoms with Crippen LogP contribution < -0.4 is 9.79 Å². The van der Waals surface area contributed by atoms with Gasteiger partial charge in [-0.1, -0.05) is 60.5 Å². The quantitative estimate of drug-likeness (QED) is 0.486. The molecule has 0 aliphatic heterocycles. The van der Waals surface area contributed by atoms with E-state index in [1.165, 1.54) is 0 Å². The first-order valence-corrected chi connectivity index (χ1v) is 8.08. The molecular weight excluding hydrogens is 282 g/mol. The van der Waals surface area contributed by atoms with Crippen LogP contribution in [0.3, 0.4) is 0 Å². The molecular formula is C12H25NiO3P. The Morgan fingerprint density at radius 2 is 1.65 bits per heavy atom. The van der Waals surface area contributed by atoms with E-state index in [-0.39, 0.29) is 16.5 Å². The van der Waals surface area contributed by atoms with Crippen LogP contribution >= 0.6 is 7.60 Å². The molecule has 0 aliphatic rings. The second kappa shape index (κ2) is 10.6. The van der Waals surface area contributed by atoms with Gasteiger partial charge in [-0.2, -0.15) is 0 Å². The molecule has 0 N–H and O–H groups in total. The van der Waals surface area contributed by atoms with E-state index in [1.807, 2.05) is 6.92 Å². The smallest absolute Gasteiger partial charge is 0.811 e. The maximum atomic E-state index is 11.1. The van der Waals surface area contributed by atoms with Crippen molar-refractivity contribution >= 4 is 7.60 Å². The largest absolute Gasteiger partial charge is 2.00 e. The van der Waals surface area contributed by atoms with Crippen molar-refractivity contribution in [2.24, 2.45) is 5.92 Å². The molecule has 0 saturated carbocycles. The van der Waals surface area contributed by atoms with Crippen LogP contribution in [0.4, 0.5) is 0 Å². The van der Waals surface area contributed by atoms with Crippen molar-refractivity contribution in [2.45, 2.75) is 71.4 Å². The molecule has 0 amide bonds. The number of hydrogen-bond donors (Lipinski definition) is 0. The fourth-order valence-electron chi connectivity index (χ4n) is 2.10. The van der Waals surface area contributed by atoms with E-state index in [0.29, 0.717) is 18.8 Å². The maximum absolute atomic E-state index is 11.1. The molecule has 0 aromatic carbocycles. The molecule has 0 heterocycles. The van der Waals surface area contributed by atoms with Crippen LogP contribution in [0.5, 0.6) is 0 Å². The summed E-state index contributed by atoms with van der Waals surface area (Å²) in [5.74, 6) is 0.396. The molecule has 17 heavy (non-hydrogen) atoms. The minimum Gasteiger partial charge on any atom is -0.811 e. The number of hydrogen-bond acceptors (Lipinski definition) is 3. The summed E-state index contributed by atoms with van der Waals surface area (Å²) in [5.41, 5.74) is -0.640. The van der Waals surface area contributed by atoms with E-state index in [1.54, 1.807) is 0 Å². The molecule has 5 heteroatoms. The fourth-order valence-corrected chi connectivity index (χ4v) is 3.24. The van der Waals surface area contributed by atoms with Crippen molar-refractivity contribution in [3.63, 3.8) is 0 Å². The van der Waals surface area contributed by atoms with Gasteiger partial charge in [0.1, 0.15) is 0 Å². The molecule has 106 valence electrons. The summed E-state index contributed by atoms with van der Waals surface area (Å²) < 4.78 is 11.1. The Hall–Kier alpha value is 0.644. The molecule has 0 aliphatic carbocycles. The van der Waals surface area contributed by atoms with Crippen LogP contribution in [0.1, 0.15) is 65.7 Å². The first kappa shape index (κ1) is 20.0. The van der Waals surface area contributed by atoms with Gasteiger partial charge < -0.3 is 14.4 Å². The van der Waals surface area contributed by atoms with Gasteiger partial charge in [0.25, 0.3) is 0 Å². The van der Waals surface area contributed by atoms with Crippen molar-refractivity contribution in [2.75, 3.05) is 0 Å². The third kappa shape index (κ3) is 9.25. The number of unbranched alkanes of at least 4 members (excludes halogenated alkanes) is 1. The topological polar surface area (TPSA) is 63.2 Å². The normalized spacial score (nSPS) is 15.1. The van der Waals surface area contributed by atoms with E-state index in [9.17, 15) is 14.4 Å². The Balaban J connectivity index is 0. The van der Waals surface area contributed by atoms with E-state index >= 15 is 0 Å². The van der Waals surface area contributed by atoms with Gasteiger partial charge in [0.05, 0.1) is 0 Å². The van der Waals surface area contributed by atoms with Crippen molar-refractivity contribution < 1.29 is 30.8 Å². The molecule has 2 atom stereocenters. The average molecular weight is 307 g/mol. The summed E-state index contributed by atoms with van der Waals surface area (Å²) in [6.45, 7) is 6.13. The zero-order chi connectivity index (χ0) is 12.6. The van der Waals surface area contributed by atoms with E-state index in [0.717, 1.165) is 32.1 Å². The molecule has 3 nitrogen and oxygen atoms in total. The van der Waals surface area contributed by atoms with Gasteiger partial charge in [-0.3, -0.25) is 0 Å². The first-order valence-electron chi connectivity index (χ1n) is 6.47. The average Bonchev–Trinajstić information content (AvgIpc) is 2.21. The zero-order valence-corrected chi connectivity index (χ0v) is 13.0. The Bertz CT molecular complexity index is 218. The molecule has 0 aromatic rings. The van der Waals surface area contributed by atoms with E-state index in [2.05, 4.69) is 13.8 Å². The molecule has 0 saturated heterocycles. The summed E-state index contributed by atoms with van der Waals surface area (Å²) in [7, 11) is -4.39. The summed E-state index contributed by atoms with van der Waals surface area (Å²) >= 11 is 0. The van der Waals surface area contributed by atoms with Crippen molar-refractivity contribution in [1.29, 1.82) is 0 Å². The van der Waals surface area contributed by atoms with Gasteiger partial charge in [-0.15, -0.1) is 0 Å². The first-order chi connectivity index (χ1) is 7.45. The Kier molecular flexibility index (Phi) is 12.4. The molecule has 0 radical (unpaired) electrons. The SMILES string of the molecule is CCCCC(CC)CC(CCC)P(=O)([O-])[O-].[Ni+2]. The molecule has 0 bridgehead atoms. The van der Waals surface area contributed by atoms with E-state index < -0.39 is 13.3 Å². The third-order valence-electron chi connectivity index (χ3n) is 3.22. The second-order valence-electron chi connectivity index (χ2n) is 4.63. The van der Waals surface area contributed by atoms with Crippen LogP contribution in [0, 0.1) is 5.92 Å². The van der Waals surface area contributed by atoms with Crippen LogP contribution in [0.2, 0.25) is 0 Å². The summed E-state index contributed by atoms with van der Waals surface area (Å²) in [5, 5.41) is 0. The molecule has 0 fully saturated rings. The fraction of sp³-hybridized carbons (Fsp3) is 1.00. The standard InChI is InChI=1S/C12H27O3P.Ni/c1-4-7-9-11(6-3)10-12(8-5-2)16(13,14)15;/h11-12H,4-10H2,1-3H3,(H2,13,14,15);/q;+2/p-2. The van der Waals surface area contributed by atoms with Gasteiger partial charge >= 0.3 is 16.5 Å². The van der Waals surface area contributed by atoms with Crippen molar-refractivity contribution in [3.05, 3.63) is 0 Å². The predicted molar refractivity (Wildman–Crippen MR) is 64.2 cm³/mol. The molecule has 0 spiro atoms. The number of rotatable bonds is 9. The van der Waals surface area contributed by atoms with E-state index in [4.69, 9.17) is 0 Å². The maximum Gasteiger partial charge on any atom is 2.00 e. The molecule has 0 aromatic heterocycles. The monoisotopic (exact) mass is 306 g/mol. The minimum absolute atomic E-state index is 0. The van der Waals surface area contributed by atoms with Crippen molar-refractivity contribution in [3.8, 4) is 0 Å². The predicted octanol–water partition coefficient (Wildman–Crippen LogP) is 2.67. The Labute approximate surface area is 116 Å². The summed E-state index contributed by atoms with van der Waals surface area (Å²) in [4.78, 5) is 22.2. The molecule has 0 rings (SSSR count). The second-order valence-corrected chi connectivity index (χ2v) is 6.44. The summed E-state index contributed by atoms with van der Waals surface area (Å²) in [6.07, 6.45) is 6.12. The van der Waals surface area contributed by atoms with Crippen LogP contribution in [0.25, 0.3) is 0 Å². The Morgan fingerprint density at radius 1 is 1.06 bits per heavy atom. The Morgan fingerprint density at radius 3 is 2.00 bits per heavy atom. The van der Waals surface area contributed by atoms with Gasteiger partial charge in [0.15, 0.2) is 0 Å². The summed E-state index contributed by atoms with van der Waals surface area (Å²) in [6, 6.07) is 0. The van der Waals surface area contributed by atoms with Crippen molar-refractivity contribution in [1.82, 2.24) is 0 Å². The minimum atomic E-state index is -4.39.